The van der Waals surface area contributed by atoms with Crippen molar-refractivity contribution in [3.05, 3.63) is 70.3 Å². The van der Waals surface area contributed by atoms with Crippen molar-refractivity contribution >= 4 is 39.6 Å². The molecule has 1 N–H and O–H groups in total. The first-order chi connectivity index (χ1) is 13.7. The second kappa shape index (κ2) is 9.18. The van der Waals surface area contributed by atoms with E-state index >= 15 is 0 Å². The predicted molar refractivity (Wildman–Crippen MR) is 108 cm³/mol. The molecule has 0 aliphatic carbocycles. The molecule has 0 amide bonds. The smallest absolute Gasteiger partial charge is 0.206 e. The largest absolute Gasteiger partial charge is 0.486 e. The van der Waals surface area contributed by atoms with Gasteiger partial charge in [-0.15, -0.1) is 21.5 Å². The van der Waals surface area contributed by atoms with Gasteiger partial charge in [0.15, 0.2) is 4.34 Å². The van der Waals surface area contributed by atoms with Gasteiger partial charge in [0.05, 0.1) is 18.5 Å². The van der Waals surface area contributed by atoms with Gasteiger partial charge in [0, 0.05) is 11.1 Å². The number of anilines is 1. The molecular formula is C18H15FN4O2S3. The molecule has 0 saturated heterocycles. The first-order valence-corrected chi connectivity index (χ1v) is 11.0. The quantitative estimate of drug-likeness (QED) is 0.363. The van der Waals surface area contributed by atoms with E-state index in [0.29, 0.717) is 24.7 Å². The van der Waals surface area contributed by atoms with Crippen molar-refractivity contribution in [3.63, 3.8) is 0 Å². The van der Waals surface area contributed by atoms with Crippen LogP contribution in [0.4, 0.5) is 9.52 Å². The number of thiazole rings is 1. The average Bonchev–Trinajstić information content (AvgIpc) is 3.46. The van der Waals surface area contributed by atoms with E-state index in [1.54, 1.807) is 30.2 Å². The molecule has 144 valence electrons. The third-order valence-corrected chi connectivity index (χ3v) is 6.44. The summed E-state index contributed by atoms with van der Waals surface area (Å²) in [5.41, 5.74) is 0.966. The van der Waals surface area contributed by atoms with E-state index in [-0.39, 0.29) is 5.82 Å². The minimum absolute atomic E-state index is 0.281. The van der Waals surface area contributed by atoms with Crippen LogP contribution in [0.15, 0.2) is 56.8 Å². The zero-order valence-electron chi connectivity index (χ0n) is 14.5. The summed E-state index contributed by atoms with van der Waals surface area (Å²) in [6, 6.07) is 9.71. The fourth-order valence-electron chi connectivity index (χ4n) is 2.21. The number of furan rings is 1. The van der Waals surface area contributed by atoms with Crippen molar-refractivity contribution in [3.8, 4) is 5.75 Å². The Morgan fingerprint density at radius 1 is 1.18 bits per heavy atom. The van der Waals surface area contributed by atoms with E-state index in [4.69, 9.17) is 9.15 Å². The molecule has 4 rings (SSSR count). The summed E-state index contributed by atoms with van der Waals surface area (Å²) >= 11 is 4.63. The standard InChI is InChI=1S/C18H15FN4O2S3/c19-12-3-5-14(6-4-12)25-9-16-21-13(10-26-16)11-27-18-23-22-17(28-18)20-8-15-2-1-7-24-15/h1-7,10H,8-9,11H2,(H,20,22). The van der Waals surface area contributed by atoms with Gasteiger partial charge in [-0.2, -0.15) is 0 Å². The van der Waals surface area contributed by atoms with Crippen molar-refractivity contribution in [2.24, 2.45) is 0 Å². The molecule has 0 unspecified atom stereocenters. The lowest BCUT2D eigenvalue weighted by atomic mass is 10.3. The number of thioether (sulfide) groups is 1. The van der Waals surface area contributed by atoms with Crippen molar-refractivity contribution in [1.29, 1.82) is 0 Å². The lowest BCUT2D eigenvalue weighted by molar-refractivity contribution is 0.305. The molecule has 0 radical (unpaired) electrons. The Bertz CT molecular complexity index is 1000. The molecule has 10 heteroatoms. The van der Waals surface area contributed by atoms with Gasteiger partial charge >= 0.3 is 0 Å². The Labute approximate surface area is 172 Å². The van der Waals surface area contributed by atoms with Gasteiger partial charge in [0.25, 0.3) is 0 Å². The number of nitrogens with one attached hydrogen (secondary N) is 1. The Morgan fingerprint density at radius 2 is 2.07 bits per heavy atom. The molecule has 0 atom stereocenters. The van der Waals surface area contributed by atoms with E-state index in [1.165, 1.54) is 34.8 Å². The monoisotopic (exact) mass is 434 g/mol. The third kappa shape index (κ3) is 5.31. The van der Waals surface area contributed by atoms with Crippen molar-refractivity contribution in [2.75, 3.05) is 5.32 Å². The first-order valence-electron chi connectivity index (χ1n) is 8.29. The molecule has 3 aromatic heterocycles. The Morgan fingerprint density at radius 3 is 2.89 bits per heavy atom. The van der Waals surface area contributed by atoms with Crippen LogP contribution in [0.2, 0.25) is 0 Å². The third-order valence-electron chi connectivity index (χ3n) is 3.52. The summed E-state index contributed by atoms with van der Waals surface area (Å²) < 4.78 is 24.7. The number of rotatable bonds is 9. The number of ether oxygens (including phenoxy) is 1. The van der Waals surface area contributed by atoms with E-state index in [9.17, 15) is 4.39 Å². The molecule has 1 aromatic carbocycles. The lowest BCUT2D eigenvalue weighted by Crippen LogP contribution is -1.96. The molecule has 0 saturated carbocycles. The highest BCUT2D eigenvalue weighted by Crippen LogP contribution is 2.29. The van der Waals surface area contributed by atoms with Gasteiger partial charge in [-0.25, -0.2) is 9.37 Å². The van der Waals surface area contributed by atoms with Crippen LogP contribution in [0.5, 0.6) is 5.75 Å². The number of hydrogen-bond donors (Lipinski definition) is 1. The molecule has 0 aliphatic rings. The lowest BCUT2D eigenvalue weighted by Gasteiger charge is -2.03. The van der Waals surface area contributed by atoms with E-state index in [2.05, 4.69) is 20.5 Å². The van der Waals surface area contributed by atoms with E-state index in [0.717, 1.165) is 25.9 Å². The number of hydrogen-bond acceptors (Lipinski definition) is 9. The molecule has 6 nitrogen and oxygen atoms in total. The number of nitrogens with zero attached hydrogens (tertiary/aromatic N) is 3. The molecule has 0 fully saturated rings. The van der Waals surface area contributed by atoms with Gasteiger partial charge in [0.1, 0.15) is 28.9 Å². The zero-order chi connectivity index (χ0) is 19.2. The maximum Gasteiger partial charge on any atom is 0.206 e. The van der Waals surface area contributed by atoms with E-state index < -0.39 is 0 Å². The summed E-state index contributed by atoms with van der Waals surface area (Å²) in [7, 11) is 0. The van der Waals surface area contributed by atoms with Gasteiger partial charge < -0.3 is 14.5 Å². The molecule has 28 heavy (non-hydrogen) atoms. The minimum atomic E-state index is -0.281. The second-order valence-corrected chi connectivity index (χ2v) is 8.71. The summed E-state index contributed by atoms with van der Waals surface area (Å²) in [5.74, 6) is 1.90. The molecule has 0 spiro atoms. The van der Waals surface area contributed by atoms with Gasteiger partial charge in [-0.1, -0.05) is 23.1 Å². The van der Waals surface area contributed by atoms with Gasteiger partial charge in [0.2, 0.25) is 5.13 Å². The minimum Gasteiger partial charge on any atom is -0.486 e. The highest BCUT2D eigenvalue weighted by molar-refractivity contribution is 8.00. The second-order valence-electron chi connectivity index (χ2n) is 5.57. The van der Waals surface area contributed by atoms with Crippen LogP contribution in [-0.4, -0.2) is 15.2 Å². The summed E-state index contributed by atoms with van der Waals surface area (Å²) in [6.45, 7) is 0.941. The number of benzene rings is 1. The molecular weight excluding hydrogens is 419 g/mol. The van der Waals surface area contributed by atoms with Crippen LogP contribution >= 0.6 is 34.4 Å². The van der Waals surface area contributed by atoms with Gasteiger partial charge in [-0.05, 0) is 36.4 Å². The van der Waals surface area contributed by atoms with Crippen LogP contribution in [-0.2, 0) is 18.9 Å². The summed E-state index contributed by atoms with van der Waals surface area (Å²) in [4.78, 5) is 4.56. The normalized spacial score (nSPS) is 10.9. The van der Waals surface area contributed by atoms with Crippen molar-refractivity contribution in [2.45, 2.75) is 23.2 Å². The van der Waals surface area contributed by atoms with Crippen molar-refractivity contribution in [1.82, 2.24) is 15.2 Å². The molecule has 4 aromatic rings. The Kier molecular flexibility index (Phi) is 6.20. The van der Waals surface area contributed by atoms with Gasteiger partial charge in [-0.3, -0.25) is 0 Å². The SMILES string of the molecule is Fc1ccc(OCc2nc(CSc3nnc(NCc4ccco4)s3)cs2)cc1. The number of halogens is 1. The zero-order valence-corrected chi connectivity index (χ0v) is 17.0. The maximum absolute atomic E-state index is 12.9. The molecule has 3 heterocycles. The van der Waals surface area contributed by atoms with E-state index in [1.807, 2.05) is 17.5 Å². The number of aromatic nitrogens is 3. The fourth-order valence-corrected chi connectivity index (χ4v) is 4.66. The highest BCUT2D eigenvalue weighted by atomic mass is 32.2. The maximum atomic E-state index is 12.9. The fraction of sp³-hybridized carbons (Fsp3) is 0.167. The van der Waals surface area contributed by atoms with Crippen LogP contribution in [0.1, 0.15) is 16.5 Å². The highest BCUT2D eigenvalue weighted by Gasteiger charge is 2.08. The summed E-state index contributed by atoms with van der Waals surface area (Å²) in [5, 5.41) is 15.1. The molecule has 0 aliphatic heterocycles. The van der Waals surface area contributed by atoms with Crippen LogP contribution in [0, 0.1) is 5.82 Å². The molecule has 0 bridgehead atoms. The van der Waals surface area contributed by atoms with Crippen LogP contribution in [0.3, 0.4) is 0 Å². The van der Waals surface area contributed by atoms with Crippen LogP contribution in [0.25, 0.3) is 0 Å². The first kappa shape index (κ1) is 18.9. The summed E-state index contributed by atoms with van der Waals surface area (Å²) in [6.07, 6.45) is 1.64. The Balaban J connectivity index is 1.23. The van der Waals surface area contributed by atoms with Crippen molar-refractivity contribution < 1.29 is 13.5 Å². The van der Waals surface area contributed by atoms with Crippen LogP contribution < -0.4 is 10.1 Å². The topological polar surface area (TPSA) is 73.1 Å². The predicted octanol–water partition coefficient (Wildman–Crippen LogP) is 5.21. The Hall–Kier alpha value is -2.43. The average molecular weight is 435 g/mol.